The van der Waals surface area contributed by atoms with Crippen LogP contribution in [0.1, 0.15) is 19.3 Å². The molecule has 0 aromatic rings. The highest BCUT2D eigenvalue weighted by Crippen LogP contribution is 2.13. The van der Waals surface area contributed by atoms with Gasteiger partial charge in [-0.05, 0) is 31.3 Å². The van der Waals surface area contributed by atoms with E-state index in [9.17, 15) is 0 Å². The summed E-state index contributed by atoms with van der Waals surface area (Å²) in [6.07, 6.45) is 5.81. The van der Waals surface area contributed by atoms with Crippen LogP contribution < -0.4 is 5.32 Å². The number of hydrogen-bond donors (Lipinski definition) is 1. The molecule has 0 aromatic carbocycles. The lowest BCUT2D eigenvalue weighted by atomic mass is 10.1. The second-order valence-electron chi connectivity index (χ2n) is 4.78. The topological polar surface area (TPSA) is 36.9 Å². The van der Waals surface area contributed by atoms with Gasteiger partial charge < -0.3 is 15.0 Å². The van der Waals surface area contributed by atoms with Gasteiger partial charge in [-0.25, -0.2) is 0 Å². The number of unbranched alkanes of at least 4 members (excludes halogenated alkanes) is 1. The van der Waals surface area contributed by atoms with E-state index in [0.717, 1.165) is 32.3 Å². The largest absolute Gasteiger partial charge is 0.381 e. The zero-order valence-electron chi connectivity index (χ0n) is 11.9. The molecule has 1 aliphatic rings. The highest BCUT2D eigenvalue weighted by atomic mass is 32.2. The molecule has 0 spiro atoms. The van der Waals surface area contributed by atoms with E-state index >= 15 is 0 Å². The molecule has 1 unspecified atom stereocenters. The summed E-state index contributed by atoms with van der Waals surface area (Å²) >= 11 is 1.91. The Morgan fingerprint density at radius 3 is 2.94 bits per heavy atom. The van der Waals surface area contributed by atoms with Gasteiger partial charge in [-0.2, -0.15) is 11.8 Å². The van der Waals surface area contributed by atoms with Gasteiger partial charge in [0.2, 0.25) is 0 Å². The number of hydrogen-bond acceptors (Lipinski definition) is 3. The summed E-state index contributed by atoms with van der Waals surface area (Å²) in [7, 11) is 3.96. The molecule has 1 aliphatic heterocycles. The first-order chi connectivity index (χ1) is 8.77. The number of nitrogens with zero attached hydrogens (tertiary/aromatic N) is 2. The Balaban J connectivity index is 2.18. The SMILES string of the molecule is CN=C(NCCCCSC)N(C)CC1CCOC1. The summed E-state index contributed by atoms with van der Waals surface area (Å²) in [6, 6.07) is 0. The van der Waals surface area contributed by atoms with Crippen LogP contribution in [0, 0.1) is 5.92 Å². The van der Waals surface area contributed by atoms with Gasteiger partial charge in [-0.1, -0.05) is 0 Å². The van der Waals surface area contributed by atoms with Crippen LogP contribution in [0.2, 0.25) is 0 Å². The first-order valence-corrected chi connectivity index (χ1v) is 8.15. The van der Waals surface area contributed by atoms with Crippen LogP contribution in [0.5, 0.6) is 0 Å². The molecule has 5 heteroatoms. The molecule has 0 amide bonds. The maximum atomic E-state index is 5.41. The first kappa shape index (κ1) is 15.6. The highest BCUT2D eigenvalue weighted by Gasteiger charge is 2.18. The molecule has 0 aliphatic carbocycles. The Bertz CT molecular complexity index is 242. The molecule has 0 radical (unpaired) electrons. The maximum absolute atomic E-state index is 5.41. The molecule has 106 valence electrons. The van der Waals surface area contributed by atoms with E-state index < -0.39 is 0 Å². The number of guanidine groups is 1. The van der Waals surface area contributed by atoms with Crippen molar-refractivity contribution in [2.24, 2.45) is 10.9 Å². The van der Waals surface area contributed by atoms with E-state index in [4.69, 9.17) is 4.74 Å². The van der Waals surface area contributed by atoms with E-state index in [1.54, 1.807) is 0 Å². The molecule has 1 atom stereocenters. The zero-order chi connectivity index (χ0) is 13.2. The molecule has 1 saturated heterocycles. The van der Waals surface area contributed by atoms with Crippen molar-refractivity contribution < 1.29 is 4.74 Å². The summed E-state index contributed by atoms with van der Waals surface area (Å²) in [5, 5.41) is 3.43. The smallest absolute Gasteiger partial charge is 0.193 e. The minimum atomic E-state index is 0.657. The summed E-state index contributed by atoms with van der Waals surface area (Å²) < 4.78 is 5.41. The van der Waals surface area contributed by atoms with Crippen molar-refractivity contribution in [2.75, 3.05) is 52.4 Å². The number of nitrogens with one attached hydrogen (secondary N) is 1. The lowest BCUT2D eigenvalue weighted by Gasteiger charge is -2.24. The van der Waals surface area contributed by atoms with Gasteiger partial charge in [-0.15, -0.1) is 0 Å². The Morgan fingerprint density at radius 1 is 1.50 bits per heavy atom. The molecule has 0 saturated carbocycles. The fourth-order valence-corrected chi connectivity index (χ4v) is 2.65. The molecule has 0 aromatic heterocycles. The molecular formula is C13H27N3OS. The first-order valence-electron chi connectivity index (χ1n) is 6.76. The van der Waals surface area contributed by atoms with Crippen LogP contribution >= 0.6 is 11.8 Å². The van der Waals surface area contributed by atoms with Crippen molar-refractivity contribution in [3.8, 4) is 0 Å². The van der Waals surface area contributed by atoms with Crippen molar-refractivity contribution in [1.29, 1.82) is 0 Å². The van der Waals surface area contributed by atoms with E-state index in [1.165, 1.54) is 25.0 Å². The zero-order valence-corrected chi connectivity index (χ0v) is 12.8. The third-order valence-corrected chi connectivity index (χ3v) is 3.88. The van der Waals surface area contributed by atoms with Gasteiger partial charge in [0.15, 0.2) is 5.96 Å². The Labute approximate surface area is 116 Å². The van der Waals surface area contributed by atoms with Crippen molar-refractivity contribution in [2.45, 2.75) is 19.3 Å². The molecular weight excluding hydrogens is 246 g/mol. The van der Waals surface area contributed by atoms with E-state index in [2.05, 4.69) is 28.5 Å². The molecule has 18 heavy (non-hydrogen) atoms. The van der Waals surface area contributed by atoms with E-state index in [-0.39, 0.29) is 0 Å². The van der Waals surface area contributed by atoms with Crippen molar-refractivity contribution in [1.82, 2.24) is 10.2 Å². The third kappa shape index (κ3) is 5.96. The fraction of sp³-hybridized carbons (Fsp3) is 0.923. The average molecular weight is 273 g/mol. The van der Waals surface area contributed by atoms with Gasteiger partial charge in [0, 0.05) is 39.7 Å². The Hall–Kier alpha value is -0.420. The van der Waals surface area contributed by atoms with Crippen LogP contribution in [0.3, 0.4) is 0 Å². The summed E-state index contributed by atoms with van der Waals surface area (Å²) in [5.41, 5.74) is 0. The normalized spacial score (nSPS) is 20.2. The lowest BCUT2D eigenvalue weighted by Crippen LogP contribution is -2.41. The maximum Gasteiger partial charge on any atom is 0.193 e. The Kier molecular flexibility index (Phi) is 8.25. The van der Waals surface area contributed by atoms with Gasteiger partial charge in [0.05, 0.1) is 6.61 Å². The Morgan fingerprint density at radius 2 is 2.33 bits per heavy atom. The minimum absolute atomic E-state index is 0.657. The van der Waals surface area contributed by atoms with Crippen molar-refractivity contribution in [3.63, 3.8) is 0 Å². The number of aliphatic imine (C=N–C) groups is 1. The number of ether oxygens (including phenoxy) is 1. The number of thioether (sulfide) groups is 1. The van der Waals surface area contributed by atoms with Gasteiger partial charge in [0.25, 0.3) is 0 Å². The lowest BCUT2D eigenvalue weighted by molar-refractivity contribution is 0.181. The van der Waals surface area contributed by atoms with Crippen LogP contribution in [-0.4, -0.2) is 63.3 Å². The summed E-state index contributed by atoms with van der Waals surface area (Å²) in [4.78, 5) is 6.55. The van der Waals surface area contributed by atoms with Crippen LogP contribution in [0.4, 0.5) is 0 Å². The molecule has 1 rings (SSSR count). The van der Waals surface area contributed by atoms with Gasteiger partial charge in [0.1, 0.15) is 0 Å². The second kappa shape index (κ2) is 9.50. The van der Waals surface area contributed by atoms with Crippen molar-refractivity contribution >= 4 is 17.7 Å². The monoisotopic (exact) mass is 273 g/mol. The van der Waals surface area contributed by atoms with Gasteiger partial charge >= 0.3 is 0 Å². The summed E-state index contributed by atoms with van der Waals surface area (Å²) in [6.45, 7) is 3.86. The summed E-state index contributed by atoms with van der Waals surface area (Å²) in [5.74, 6) is 2.91. The molecule has 1 N–H and O–H groups in total. The standard InChI is InChI=1S/C13H27N3OS/c1-14-13(15-7-4-5-9-18-3)16(2)10-12-6-8-17-11-12/h12H,4-11H2,1-3H3,(H,14,15). The van der Waals surface area contributed by atoms with Crippen LogP contribution in [0.15, 0.2) is 4.99 Å². The fourth-order valence-electron chi connectivity index (χ4n) is 2.16. The molecule has 4 nitrogen and oxygen atoms in total. The average Bonchev–Trinajstić information content (AvgIpc) is 2.86. The van der Waals surface area contributed by atoms with E-state index in [0.29, 0.717) is 5.92 Å². The second-order valence-corrected chi connectivity index (χ2v) is 5.77. The van der Waals surface area contributed by atoms with Crippen LogP contribution in [0.25, 0.3) is 0 Å². The molecule has 1 heterocycles. The third-order valence-electron chi connectivity index (χ3n) is 3.19. The molecule has 0 bridgehead atoms. The van der Waals surface area contributed by atoms with Crippen LogP contribution in [-0.2, 0) is 4.74 Å². The molecule has 1 fully saturated rings. The van der Waals surface area contributed by atoms with E-state index in [1.807, 2.05) is 18.8 Å². The predicted molar refractivity (Wildman–Crippen MR) is 80.5 cm³/mol. The quantitative estimate of drug-likeness (QED) is 0.435. The van der Waals surface area contributed by atoms with Gasteiger partial charge in [-0.3, -0.25) is 4.99 Å². The van der Waals surface area contributed by atoms with Crippen molar-refractivity contribution in [3.05, 3.63) is 0 Å². The highest BCUT2D eigenvalue weighted by molar-refractivity contribution is 7.98. The minimum Gasteiger partial charge on any atom is -0.381 e. The number of rotatable bonds is 7. The predicted octanol–water partition coefficient (Wildman–Crippen LogP) is 1.67.